The Balaban J connectivity index is 1.67. The number of alkyl halides is 2. The van der Waals surface area contributed by atoms with E-state index in [-0.39, 0.29) is 12.8 Å². The molecule has 2 aliphatic rings. The number of hydrogen-bond donors (Lipinski definition) is 0. The Hall–Kier alpha value is -2.50. The van der Waals surface area contributed by atoms with Crippen LogP contribution in [0.25, 0.3) is 5.57 Å². The van der Waals surface area contributed by atoms with Gasteiger partial charge in [0.15, 0.2) is 0 Å². The normalized spacial score (nSPS) is 22.1. The summed E-state index contributed by atoms with van der Waals surface area (Å²) in [5, 5.41) is 7.46. The maximum Gasteiger partial charge on any atom is 0.252 e. The number of methoxy groups -OCH3 is 1. The van der Waals surface area contributed by atoms with Crippen LogP contribution in [0.1, 0.15) is 18.4 Å². The number of halogens is 2. The minimum absolute atomic E-state index is 0.0757. The fraction of sp³-hybridized carbons (Fsp3) is 0.333. The van der Waals surface area contributed by atoms with E-state index in [0.717, 1.165) is 16.9 Å². The maximum absolute atomic E-state index is 13.1. The standard InChI is InChI=1S/C18H19F2N3O/c1-21-22-17(11-15-12-18(15,19)20)23-9-7-14(8-10-23)13-3-5-16(24-2)6-4-13/h3-9,15H,1,10-12H2,2H3/b22-17-. The predicted molar refractivity (Wildman–Crippen MR) is 91.5 cm³/mol. The number of allylic oxidation sites excluding steroid dienone is 2. The highest BCUT2D eigenvalue weighted by atomic mass is 19.3. The van der Waals surface area contributed by atoms with Crippen molar-refractivity contribution >= 4 is 18.1 Å². The van der Waals surface area contributed by atoms with Gasteiger partial charge in [0, 0.05) is 38.2 Å². The molecule has 1 heterocycles. The van der Waals surface area contributed by atoms with Crippen LogP contribution in [0.2, 0.25) is 0 Å². The Morgan fingerprint density at radius 2 is 2.08 bits per heavy atom. The molecule has 1 unspecified atom stereocenters. The summed E-state index contributed by atoms with van der Waals surface area (Å²) >= 11 is 0. The molecule has 0 spiro atoms. The molecule has 1 saturated carbocycles. The minimum Gasteiger partial charge on any atom is -0.497 e. The van der Waals surface area contributed by atoms with Gasteiger partial charge < -0.3 is 9.64 Å². The van der Waals surface area contributed by atoms with Crippen LogP contribution in [0.5, 0.6) is 5.75 Å². The Labute approximate surface area is 139 Å². The zero-order chi connectivity index (χ0) is 17.2. The van der Waals surface area contributed by atoms with Crippen molar-refractivity contribution in [1.29, 1.82) is 0 Å². The summed E-state index contributed by atoms with van der Waals surface area (Å²) in [6, 6.07) is 7.77. The smallest absolute Gasteiger partial charge is 0.252 e. The predicted octanol–water partition coefficient (Wildman–Crippen LogP) is 3.97. The lowest BCUT2D eigenvalue weighted by Crippen LogP contribution is -2.28. The van der Waals surface area contributed by atoms with Crippen molar-refractivity contribution in [2.75, 3.05) is 13.7 Å². The van der Waals surface area contributed by atoms with E-state index in [1.165, 1.54) is 0 Å². The minimum atomic E-state index is -2.56. The van der Waals surface area contributed by atoms with Gasteiger partial charge in [-0.05, 0) is 29.3 Å². The van der Waals surface area contributed by atoms with Gasteiger partial charge in [-0.15, -0.1) is 5.10 Å². The van der Waals surface area contributed by atoms with Gasteiger partial charge in [0.25, 0.3) is 5.92 Å². The van der Waals surface area contributed by atoms with E-state index in [0.29, 0.717) is 12.4 Å². The lowest BCUT2D eigenvalue weighted by atomic mass is 10.0. The van der Waals surface area contributed by atoms with Gasteiger partial charge in [-0.2, -0.15) is 5.10 Å². The number of ether oxygens (including phenoxy) is 1. The highest BCUT2D eigenvalue weighted by Crippen LogP contribution is 2.51. The van der Waals surface area contributed by atoms with E-state index >= 15 is 0 Å². The molecule has 6 heteroatoms. The molecule has 0 N–H and O–H groups in total. The van der Waals surface area contributed by atoms with Crippen LogP contribution in [-0.4, -0.2) is 37.0 Å². The van der Waals surface area contributed by atoms with Gasteiger partial charge >= 0.3 is 0 Å². The van der Waals surface area contributed by atoms with Crippen LogP contribution in [0, 0.1) is 5.92 Å². The lowest BCUT2D eigenvalue weighted by molar-refractivity contribution is 0.0998. The Kier molecular flexibility index (Phi) is 4.46. The molecular weight excluding hydrogens is 312 g/mol. The van der Waals surface area contributed by atoms with Crippen LogP contribution in [0.15, 0.2) is 52.8 Å². The van der Waals surface area contributed by atoms with Crippen LogP contribution in [0.4, 0.5) is 8.78 Å². The van der Waals surface area contributed by atoms with Gasteiger partial charge in [0.05, 0.1) is 7.11 Å². The number of amidine groups is 1. The van der Waals surface area contributed by atoms with Gasteiger partial charge in [0.2, 0.25) is 0 Å². The molecule has 0 aromatic heterocycles. The first kappa shape index (κ1) is 16.4. The Morgan fingerprint density at radius 1 is 1.38 bits per heavy atom. The first-order valence-electron chi connectivity index (χ1n) is 7.73. The third-order valence-corrected chi connectivity index (χ3v) is 4.27. The average Bonchev–Trinajstić information content (AvgIpc) is 3.21. The van der Waals surface area contributed by atoms with E-state index in [9.17, 15) is 8.78 Å². The van der Waals surface area contributed by atoms with Crippen molar-refractivity contribution in [3.63, 3.8) is 0 Å². The van der Waals surface area contributed by atoms with Crippen molar-refractivity contribution in [3.05, 3.63) is 48.2 Å². The van der Waals surface area contributed by atoms with Crippen LogP contribution >= 0.6 is 0 Å². The lowest BCUT2D eigenvalue weighted by Gasteiger charge is -2.24. The second-order valence-corrected chi connectivity index (χ2v) is 5.88. The molecule has 1 fully saturated rings. The van der Waals surface area contributed by atoms with Crippen molar-refractivity contribution in [1.82, 2.24) is 4.90 Å². The van der Waals surface area contributed by atoms with Gasteiger partial charge in [-0.25, -0.2) is 8.78 Å². The largest absolute Gasteiger partial charge is 0.497 e. The molecule has 1 aromatic carbocycles. The average molecular weight is 331 g/mol. The van der Waals surface area contributed by atoms with E-state index in [1.54, 1.807) is 7.11 Å². The third kappa shape index (κ3) is 3.53. The van der Waals surface area contributed by atoms with E-state index in [2.05, 4.69) is 16.9 Å². The van der Waals surface area contributed by atoms with Crippen LogP contribution in [-0.2, 0) is 0 Å². The summed E-state index contributed by atoms with van der Waals surface area (Å²) < 4.78 is 31.5. The molecule has 126 valence electrons. The van der Waals surface area contributed by atoms with Gasteiger partial charge in [-0.3, -0.25) is 0 Å². The maximum atomic E-state index is 13.1. The van der Waals surface area contributed by atoms with Gasteiger partial charge in [0.1, 0.15) is 11.6 Å². The number of hydrogen-bond acceptors (Lipinski definition) is 3. The van der Waals surface area contributed by atoms with Crippen LogP contribution < -0.4 is 4.74 Å². The first-order valence-corrected chi connectivity index (χ1v) is 7.73. The molecule has 0 radical (unpaired) electrons. The summed E-state index contributed by atoms with van der Waals surface area (Å²) in [4.78, 5) is 1.83. The van der Waals surface area contributed by atoms with Crippen molar-refractivity contribution < 1.29 is 13.5 Å². The first-order chi connectivity index (χ1) is 11.5. The summed E-state index contributed by atoms with van der Waals surface area (Å²) in [6.45, 7) is 3.90. The third-order valence-electron chi connectivity index (χ3n) is 4.27. The fourth-order valence-electron chi connectivity index (χ4n) is 2.69. The molecule has 0 saturated heterocycles. The van der Waals surface area contributed by atoms with Crippen molar-refractivity contribution in [2.45, 2.75) is 18.8 Å². The second kappa shape index (κ2) is 6.55. The molecule has 1 aliphatic heterocycles. The Bertz CT molecular complexity index is 707. The summed E-state index contributed by atoms with van der Waals surface area (Å²) in [6.07, 6.45) is 5.96. The molecule has 4 nitrogen and oxygen atoms in total. The zero-order valence-electron chi connectivity index (χ0n) is 13.5. The fourth-order valence-corrected chi connectivity index (χ4v) is 2.69. The quantitative estimate of drug-likeness (QED) is 0.465. The number of benzene rings is 1. The van der Waals surface area contributed by atoms with Crippen LogP contribution in [0.3, 0.4) is 0 Å². The number of nitrogens with zero attached hydrogens (tertiary/aromatic N) is 3. The van der Waals surface area contributed by atoms with Gasteiger partial charge in [-0.1, -0.05) is 18.2 Å². The summed E-state index contributed by atoms with van der Waals surface area (Å²) in [7, 11) is 1.63. The summed E-state index contributed by atoms with van der Waals surface area (Å²) in [5.74, 6) is -1.88. The Morgan fingerprint density at radius 3 is 2.58 bits per heavy atom. The second-order valence-electron chi connectivity index (χ2n) is 5.88. The molecule has 24 heavy (non-hydrogen) atoms. The molecule has 0 bridgehead atoms. The molecular formula is C18H19F2N3O. The highest BCUT2D eigenvalue weighted by molar-refractivity contribution is 5.86. The monoisotopic (exact) mass is 331 g/mol. The van der Waals surface area contributed by atoms with Crippen molar-refractivity contribution in [3.8, 4) is 5.75 Å². The molecule has 1 aliphatic carbocycles. The van der Waals surface area contributed by atoms with E-state index in [4.69, 9.17) is 4.74 Å². The van der Waals surface area contributed by atoms with Crippen molar-refractivity contribution in [2.24, 2.45) is 16.1 Å². The SMILES string of the molecule is C=N/N=C(/CC1CC1(F)F)N1C=CC(c2ccc(OC)cc2)=CC1. The van der Waals surface area contributed by atoms with E-state index in [1.807, 2.05) is 47.5 Å². The molecule has 0 amide bonds. The number of rotatable bonds is 5. The molecule has 3 rings (SSSR count). The topological polar surface area (TPSA) is 37.2 Å². The highest BCUT2D eigenvalue weighted by Gasteiger charge is 2.57. The molecule has 1 atom stereocenters. The molecule has 1 aromatic rings. The summed E-state index contributed by atoms with van der Waals surface area (Å²) in [5.41, 5.74) is 2.14. The zero-order valence-corrected chi connectivity index (χ0v) is 13.5. The van der Waals surface area contributed by atoms with E-state index < -0.39 is 11.8 Å².